The lowest BCUT2D eigenvalue weighted by Crippen LogP contribution is -2.56. The average Bonchev–Trinajstić information content (AvgIpc) is 2.44. The van der Waals surface area contributed by atoms with Gasteiger partial charge in [-0.3, -0.25) is 4.90 Å². The van der Waals surface area contributed by atoms with Crippen LogP contribution in [0.5, 0.6) is 0 Å². The quantitative estimate of drug-likeness (QED) is 0.738. The Morgan fingerprint density at radius 3 is 2.25 bits per heavy atom. The van der Waals surface area contributed by atoms with E-state index >= 15 is 0 Å². The van der Waals surface area contributed by atoms with Gasteiger partial charge in [-0.15, -0.1) is 0 Å². The molecule has 2 aliphatic heterocycles. The molecule has 2 rings (SSSR count). The van der Waals surface area contributed by atoms with E-state index in [4.69, 9.17) is 0 Å². The topological polar surface area (TPSA) is 18.5 Å². The molecule has 0 radical (unpaired) electrons. The highest BCUT2D eigenvalue weighted by Crippen LogP contribution is 2.34. The van der Waals surface area contributed by atoms with E-state index < -0.39 is 0 Å². The second kappa shape index (κ2) is 8.35. The van der Waals surface area contributed by atoms with Crippen LogP contribution in [0.2, 0.25) is 0 Å². The molecule has 2 aliphatic rings. The van der Waals surface area contributed by atoms with Crippen molar-refractivity contribution in [3.05, 3.63) is 0 Å². The third kappa shape index (κ3) is 4.19. The van der Waals surface area contributed by atoms with Crippen molar-refractivity contribution in [3.63, 3.8) is 0 Å². The molecular weight excluding hydrogens is 246 g/mol. The van der Waals surface area contributed by atoms with Gasteiger partial charge >= 0.3 is 0 Å². The Morgan fingerprint density at radius 2 is 1.70 bits per heavy atom. The van der Waals surface area contributed by atoms with Crippen molar-refractivity contribution in [2.45, 2.75) is 77.4 Å². The minimum atomic E-state index is 0.786. The summed E-state index contributed by atoms with van der Waals surface area (Å²) in [4.78, 5) is 5.42. The fourth-order valence-electron chi connectivity index (χ4n) is 4.32. The highest BCUT2D eigenvalue weighted by molar-refractivity contribution is 4.94. The molecule has 2 fully saturated rings. The summed E-state index contributed by atoms with van der Waals surface area (Å²) in [5.74, 6) is 0. The number of nitrogens with one attached hydrogen (secondary N) is 1. The first-order valence-corrected chi connectivity index (χ1v) is 8.99. The Bertz CT molecular complexity index is 251. The maximum atomic E-state index is 3.69. The summed E-state index contributed by atoms with van der Waals surface area (Å²) in [5, 5.41) is 3.69. The molecule has 0 aromatic carbocycles. The van der Waals surface area contributed by atoms with Gasteiger partial charge in [0, 0.05) is 18.1 Å². The maximum absolute atomic E-state index is 3.69. The SMILES string of the molecule is CCNC1CC2CCCC(C1)N2CCCN(CC)CC. The predicted molar refractivity (Wildman–Crippen MR) is 87.2 cm³/mol. The molecule has 0 aliphatic carbocycles. The Kier molecular flexibility index (Phi) is 6.79. The molecule has 2 saturated heterocycles. The summed E-state index contributed by atoms with van der Waals surface area (Å²) in [7, 11) is 0. The van der Waals surface area contributed by atoms with E-state index in [9.17, 15) is 0 Å². The molecule has 0 spiro atoms. The van der Waals surface area contributed by atoms with E-state index in [2.05, 4.69) is 35.9 Å². The molecule has 2 atom stereocenters. The molecule has 0 aromatic heterocycles. The zero-order chi connectivity index (χ0) is 14.4. The van der Waals surface area contributed by atoms with E-state index in [0.717, 1.165) is 24.7 Å². The largest absolute Gasteiger partial charge is 0.314 e. The van der Waals surface area contributed by atoms with Crippen LogP contribution in [0, 0.1) is 0 Å². The molecule has 118 valence electrons. The molecule has 2 heterocycles. The molecule has 1 N–H and O–H groups in total. The molecule has 0 saturated carbocycles. The molecule has 0 aromatic rings. The van der Waals surface area contributed by atoms with Crippen molar-refractivity contribution in [1.29, 1.82) is 0 Å². The smallest absolute Gasteiger partial charge is 0.0113 e. The van der Waals surface area contributed by atoms with E-state index in [-0.39, 0.29) is 0 Å². The van der Waals surface area contributed by atoms with Crippen LogP contribution in [0.1, 0.15) is 59.3 Å². The van der Waals surface area contributed by atoms with Crippen LogP contribution in [-0.2, 0) is 0 Å². The molecule has 0 amide bonds. The van der Waals surface area contributed by atoms with Crippen molar-refractivity contribution in [1.82, 2.24) is 15.1 Å². The van der Waals surface area contributed by atoms with E-state index in [1.165, 1.54) is 64.7 Å². The van der Waals surface area contributed by atoms with Gasteiger partial charge in [0.1, 0.15) is 0 Å². The van der Waals surface area contributed by atoms with Crippen molar-refractivity contribution in [2.24, 2.45) is 0 Å². The van der Waals surface area contributed by atoms with Crippen molar-refractivity contribution in [2.75, 3.05) is 32.7 Å². The molecule has 20 heavy (non-hydrogen) atoms. The lowest BCUT2D eigenvalue weighted by Gasteiger charge is -2.49. The van der Waals surface area contributed by atoms with E-state index in [1.807, 2.05) is 0 Å². The van der Waals surface area contributed by atoms with Crippen LogP contribution in [0.25, 0.3) is 0 Å². The van der Waals surface area contributed by atoms with Gasteiger partial charge in [-0.1, -0.05) is 27.2 Å². The van der Waals surface area contributed by atoms with Gasteiger partial charge in [0.25, 0.3) is 0 Å². The third-order valence-electron chi connectivity index (χ3n) is 5.40. The van der Waals surface area contributed by atoms with Crippen LogP contribution < -0.4 is 5.32 Å². The Balaban J connectivity index is 1.79. The number of hydrogen-bond acceptors (Lipinski definition) is 3. The third-order valence-corrected chi connectivity index (χ3v) is 5.40. The second-order valence-electron chi connectivity index (χ2n) is 6.58. The van der Waals surface area contributed by atoms with Crippen LogP contribution >= 0.6 is 0 Å². The predicted octanol–water partition coefficient (Wildman–Crippen LogP) is 2.71. The number of hydrogen-bond donors (Lipinski definition) is 1. The summed E-state index contributed by atoms with van der Waals surface area (Å²) >= 11 is 0. The van der Waals surface area contributed by atoms with Crippen LogP contribution in [0.3, 0.4) is 0 Å². The van der Waals surface area contributed by atoms with Crippen molar-refractivity contribution < 1.29 is 0 Å². The fourth-order valence-corrected chi connectivity index (χ4v) is 4.32. The van der Waals surface area contributed by atoms with E-state index in [0.29, 0.717) is 0 Å². The first-order chi connectivity index (χ1) is 9.78. The van der Waals surface area contributed by atoms with Gasteiger partial charge in [0.2, 0.25) is 0 Å². The zero-order valence-corrected chi connectivity index (χ0v) is 13.9. The molecule has 3 nitrogen and oxygen atoms in total. The first kappa shape index (κ1) is 16.3. The zero-order valence-electron chi connectivity index (χ0n) is 13.9. The lowest BCUT2D eigenvalue weighted by atomic mass is 9.81. The van der Waals surface area contributed by atoms with Gasteiger partial charge < -0.3 is 10.2 Å². The average molecular weight is 281 g/mol. The van der Waals surface area contributed by atoms with Crippen LogP contribution in [-0.4, -0.2) is 60.6 Å². The standard InChI is InChI=1S/C17H35N3/c1-4-18-15-13-16-9-7-10-17(14-15)20(16)12-8-11-19(5-2)6-3/h15-18H,4-14H2,1-3H3. The summed E-state index contributed by atoms with van der Waals surface area (Å²) in [6.07, 6.45) is 8.44. The number of rotatable bonds is 8. The van der Waals surface area contributed by atoms with E-state index in [1.54, 1.807) is 0 Å². The molecular formula is C17H35N3. The number of nitrogens with zero attached hydrogens (tertiary/aromatic N) is 2. The summed E-state index contributed by atoms with van der Waals surface area (Å²) < 4.78 is 0. The van der Waals surface area contributed by atoms with Gasteiger partial charge in [-0.05, 0) is 64.8 Å². The monoisotopic (exact) mass is 281 g/mol. The summed E-state index contributed by atoms with van der Waals surface area (Å²) in [6.45, 7) is 12.9. The van der Waals surface area contributed by atoms with Gasteiger partial charge in [0.15, 0.2) is 0 Å². The van der Waals surface area contributed by atoms with Crippen LogP contribution in [0.15, 0.2) is 0 Å². The lowest BCUT2D eigenvalue weighted by molar-refractivity contribution is 0.0222. The summed E-state index contributed by atoms with van der Waals surface area (Å²) in [5.41, 5.74) is 0. The molecule has 2 unspecified atom stereocenters. The van der Waals surface area contributed by atoms with Crippen LogP contribution in [0.4, 0.5) is 0 Å². The highest BCUT2D eigenvalue weighted by Gasteiger charge is 2.37. The number of piperidine rings is 2. The fraction of sp³-hybridized carbons (Fsp3) is 1.00. The maximum Gasteiger partial charge on any atom is 0.0113 e. The van der Waals surface area contributed by atoms with Crippen molar-refractivity contribution in [3.8, 4) is 0 Å². The summed E-state index contributed by atoms with van der Waals surface area (Å²) in [6, 6.07) is 2.51. The Morgan fingerprint density at radius 1 is 1.05 bits per heavy atom. The first-order valence-electron chi connectivity index (χ1n) is 8.99. The normalized spacial score (nSPS) is 30.9. The Labute approximate surface area is 126 Å². The van der Waals surface area contributed by atoms with Gasteiger partial charge in [0.05, 0.1) is 0 Å². The Hall–Kier alpha value is -0.120. The number of fused-ring (bicyclic) bond motifs is 2. The van der Waals surface area contributed by atoms with Gasteiger partial charge in [-0.2, -0.15) is 0 Å². The highest BCUT2D eigenvalue weighted by atomic mass is 15.2. The molecule has 3 heteroatoms. The second-order valence-corrected chi connectivity index (χ2v) is 6.58. The van der Waals surface area contributed by atoms with Gasteiger partial charge in [-0.25, -0.2) is 0 Å². The molecule has 2 bridgehead atoms. The van der Waals surface area contributed by atoms with Crippen molar-refractivity contribution >= 4 is 0 Å². The minimum absolute atomic E-state index is 0.786. The minimum Gasteiger partial charge on any atom is -0.314 e.